The Balaban J connectivity index is 2.34. The molecule has 1 aromatic rings. The van der Waals surface area contributed by atoms with Crippen molar-refractivity contribution in [2.24, 2.45) is 0 Å². The molecule has 2 atom stereocenters. The lowest BCUT2D eigenvalue weighted by atomic mass is 10.1. The van der Waals surface area contributed by atoms with Gasteiger partial charge < -0.3 is 36.6 Å². The van der Waals surface area contributed by atoms with Crippen molar-refractivity contribution in [1.29, 1.82) is 0 Å². The average molecular weight is 564 g/mol. The molecule has 0 aromatic heterocycles. The molecule has 0 spiro atoms. The van der Waals surface area contributed by atoms with E-state index in [9.17, 15) is 29.1 Å². The topological polar surface area (TPSA) is 194 Å². The second kappa shape index (κ2) is 14.1. The Kier molecular flexibility index (Phi) is 11.8. The van der Waals surface area contributed by atoms with E-state index in [0.29, 0.717) is 18.5 Å². The van der Waals surface area contributed by atoms with E-state index in [2.05, 4.69) is 43.9 Å². The molecule has 0 radical (unpaired) electrons. The molecular formula is C19H25IN4O8. The van der Waals surface area contributed by atoms with Gasteiger partial charge in [0.1, 0.15) is 12.1 Å². The number of nitrogens with one attached hydrogen (secondary N) is 4. The summed E-state index contributed by atoms with van der Waals surface area (Å²) in [6, 6.07) is 3.06. The number of anilines is 1. The molecule has 0 fully saturated rings. The molecule has 1 rings (SSSR count). The van der Waals surface area contributed by atoms with E-state index in [-0.39, 0.29) is 19.4 Å². The smallest absolute Gasteiger partial charge is 0.326 e. The van der Waals surface area contributed by atoms with Crippen molar-refractivity contribution in [2.45, 2.75) is 44.2 Å². The van der Waals surface area contributed by atoms with Crippen LogP contribution in [0.4, 0.5) is 15.3 Å². The molecule has 12 nitrogen and oxygen atoms in total. The lowest BCUT2D eigenvalue weighted by Crippen LogP contribution is -2.46. The first-order valence-electron chi connectivity index (χ1n) is 9.63. The van der Waals surface area contributed by atoms with E-state index in [0.717, 1.165) is 3.57 Å². The van der Waals surface area contributed by atoms with Gasteiger partial charge in [-0.25, -0.2) is 19.2 Å². The number of hydrogen-bond acceptors (Lipinski definition) is 5. The third-order valence-corrected chi connectivity index (χ3v) is 4.88. The van der Waals surface area contributed by atoms with Crippen LogP contribution >= 0.6 is 22.6 Å². The summed E-state index contributed by atoms with van der Waals surface area (Å²) in [7, 11) is 0. The second-order valence-electron chi connectivity index (χ2n) is 6.72. The fourth-order valence-corrected chi connectivity index (χ4v) is 2.89. The third-order valence-electron chi connectivity index (χ3n) is 4.16. The number of carbonyl (C=O) groups is 5. The van der Waals surface area contributed by atoms with Gasteiger partial charge in [0.15, 0.2) is 0 Å². The van der Waals surface area contributed by atoms with Gasteiger partial charge in [0.25, 0.3) is 0 Å². The lowest BCUT2D eigenvalue weighted by molar-refractivity contribution is -0.141. The molecule has 7 N–H and O–H groups in total. The second-order valence-corrected chi connectivity index (χ2v) is 7.96. The van der Waals surface area contributed by atoms with Crippen LogP contribution in [0.3, 0.4) is 0 Å². The molecule has 176 valence electrons. The van der Waals surface area contributed by atoms with Gasteiger partial charge in [0.05, 0.1) is 0 Å². The molecule has 13 heteroatoms. The first-order valence-corrected chi connectivity index (χ1v) is 10.7. The number of halogens is 1. The van der Waals surface area contributed by atoms with Gasteiger partial charge in [-0.1, -0.05) is 0 Å². The number of benzene rings is 1. The number of unbranched alkanes of at least 4 members (excludes halogenated alkanes) is 1. The summed E-state index contributed by atoms with van der Waals surface area (Å²) in [4.78, 5) is 56.7. The van der Waals surface area contributed by atoms with Crippen LogP contribution in [0.5, 0.6) is 0 Å². The maximum absolute atomic E-state index is 12.0. The van der Waals surface area contributed by atoms with E-state index in [1.807, 2.05) is 0 Å². The van der Waals surface area contributed by atoms with Crippen LogP contribution in [0, 0.1) is 3.57 Å². The summed E-state index contributed by atoms with van der Waals surface area (Å²) in [5, 5.41) is 36.4. The van der Waals surface area contributed by atoms with Crippen LogP contribution in [0.2, 0.25) is 0 Å². The number of hydrogen-bond donors (Lipinski definition) is 7. The molecule has 1 aromatic carbocycles. The van der Waals surface area contributed by atoms with Gasteiger partial charge >= 0.3 is 30.0 Å². The Bertz CT molecular complexity index is 818. The highest BCUT2D eigenvalue weighted by Crippen LogP contribution is 2.11. The first-order chi connectivity index (χ1) is 15.1. The van der Waals surface area contributed by atoms with Crippen LogP contribution < -0.4 is 21.3 Å². The van der Waals surface area contributed by atoms with Crippen LogP contribution in [0.25, 0.3) is 0 Å². The van der Waals surface area contributed by atoms with Crippen LogP contribution in [0.15, 0.2) is 24.3 Å². The van der Waals surface area contributed by atoms with E-state index < -0.39 is 48.5 Å². The minimum Gasteiger partial charge on any atom is -0.481 e. The molecule has 4 amide bonds. The van der Waals surface area contributed by atoms with Crippen LogP contribution in [-0.4, -0.2) is 63.9 Å². The molecule has 0 aliphatic heterocycles. The number of aliphatic carboxylic acids is 3. The predicted molar refractivity (Wildman–Crippen MR) is 121 cm³/mol. The highest BCUT2D eigenvalue weighted by Gasteiger charge is 2.21. The Morgan fingerprint density at radius 1 is 0.812 bits per heavy atom. The Hall–Kier alpha value is -3.10. The summed E-state index contributed by atoms with van der Waals surface area (Å²) in [6.45, 7) is 0.137. The summed E-state index contributed by atoms with van der Waals surface area (Å²) in [6.07, 6.45) is 0.203. The van der Waals surface area contributed by atoms with E-state index in [1.54, 1.807) is 24.3 Å². The largest absolute Gasteiger partial charge is 0.481 e. The summed E-state index contributed by atoms with van der Waals surface area (Å²) < 4.78 is 0.984. The Labute approximate surface area is 197 Å². The Morgan fingerprint density at radius 2 is 1.38 bits per heavy atom. The first kappa shape index (κ1) is 26.9. The highest BCUT2D eigenvalue weighted by atomic mass is 127. The van der Waals surface area contributed by atoms with Gasteiger partial charge in [-0.3, -0.25) is 4.79 Å². The maximum Gasteiger partial charge on any atom is 0.326 e. The average Bonchev–Trinajstić information content (AvgIpc) is 2.71. The van der Waals surface area contributed by atoms with Gasteiger partial charge in [0.2, 0.25) is 0 Å². The normalized spacial score (nSPS) is 12.2. The van der Waals surface area contributed by atoms with Crippen molar-refractivity contribution in [3.05, 3.63) is 27.8 Å². The van der Waals surface area contributed by atoms with Gasteiger partial charge in [-0.2, -0.15) is 0 Å². The molecule has 0 bridgehead atoms. The molecule has 0 aliphatic rings. The third kappa shape index (κ3) is 11.3. The number of carboxylic acid groups (broad SMARTS) is 3. The van der Waals surface area contributed by atoms with Gasteiger partial charge in [-0.15, -0.1) is 0 Å². The zero-order valence-corrected chi connectivity index (χ0v) is 19.1. The number of rotatable bonds is 13. The SMILES string of the molecule is O=C(O)CCC(NC(=O)NCCCCC(NC(=O)Nc1ccc(I)cc1)C(=O)O)C(=O)O. The standard InChI is InChI=1S/C19H25IN4O8/c20-11-4-6-12(7-5-11)22-19(32)24-13(16(27)28)3-1-2-10-21-18(31)23-14(17(29)30)8-9-15(25)26/h4-7,13-14H,1-3,8-10H2,(H,25,26)(H,27,28)(H,29,30)(H2,21,23,31)(H2,22,24,32). The van der Waals surface area contributed by atoms with E-state index in [4.69, 9.17) is 10.2 Å². The van der Waals surface area contributed by atoms with Crippen molar-refractivity contribution in [2.75, 3.05) is 11.9 Å². The highest BCUT2D eigenvalue weighted by molar-refractivity contribution is 14.1. The zero-order valence-electron chi connectivity index (χ0n) is 17.0. The molecule has 0 saturated carbocycles. The van der Waals surface area contributed by atoms with Crippen molar-refractivity contribution >= 4 is 58.2 Å². The lowest BCUT2D eigenvalue weighted by Gasteiger charge is -2.16. The molecule has 2 unspecified atom stereocenters. The van der Waals surface area contributed by atoms with E-state index >= 15 is 0 Å². The van der Waals surface area contributed by atoms with Gasteiger partial charge in [0, 0.05) is 22.2 Å². The molecule has 32 heavy (non-hydrogen) atoms. The van der Waals surface area contributed by atoms with Crippen molar-refractivity contribution in [3.63, 3.8) is 0 Å². The minimum atomic E-state index is -1.35. The fraction of sp³-hybridized carbons (Fsp3) is 0.421. The molecule has 0 saturated heterocycles. The van der Waals surface area contributed by atoms with Crippen molar-refractivity contribution in [1.82, 2.24) is 16.0 Å². The number of urea groups is 2. The van der Waals surface area contributed by atoms with Crippen LogP contribution in [0.1, 0.15) is 32.1 Å². The summed E-state index contributed by atoms with van der Waals surface area (Å²) >= 11 is 2.12. The monoisotopic (exact) mass is 564 g/mol. The molecular weight excluding hydrogens is 539 g/mol. The summed E-state index contributed by atoms with van der Waals surface area (Å²) in [5.41, 5.74) is 0.519. The van der Waals surface area contributed by atoms with Gasteiger partial charge in [-0.05, 0) is 72.5 Å². The maximum atomic E-state index is 12.0. The number of carboxylic acids is 3. The quantitative estimate of drug-likeness (QED) is 0.139. The van der Waals surface area contributed by atoms with E-state index in [1.165, 1.54) is 0 Å². The van der Waals surface area contributed by atoms with Crippen LogP contribution in [-0.2, 0) is 14.4 Å². The number of carbonyl (C=O) groups excluding carboxylic acids is 2. The summed E-state index contributed by atoms with van der Waals surface area (Å²) in [5.74, 6) is -3.72. The zero-order chi connectivity index (χ0) is 24.1. The van der Waals surface area contributed by atoms with Crippen molar-refractivity contribution in [3.8, 4) is 0 Å². The molecule has 0 aliphatic carbocycles. The Morgan fingerprint density at radius 3 is 1.94 bits per heavy atom. The molecule has 0 heterocycles. The fourth-order valence-electron chi connectivity index (χ4n) is 2.53. The predicted octanol–water partition coefficient (Wildman–Crippen LogP) is 1.65. The number of amides is 4. The minimum absolute atomic E-state index is 0.120. The van der Waals surface area contributed by atoms with Crippen molar-refractivity contribution < 1.29 is 39.3 Å².